The lowest BCUT2D eigenvalue weighted by Crippen LogP contribution is -2.33. The highest BCUT2D eigenvalue weighted by Crippen LogP contribution is 2.28. The van der Waals surface area contributed by atoms with Crippen molar-refractivity contribution >= 4 is 11.8 Å². The summed E-state index contributed by atoms with van der Waals surface area (Å²) in [5.74, 6) is 0.296. The molecule has 0 aliphatic carbocycles. The van der Waals surface area contributed by atoms with Crippen LogP contribution in [-0.4, -0.2) is 51.4 Å². The highest BCUT2D eigenvalue weighted by Gasteiger charge is 2.23. The number of aryl methyl sites for hydroxylation is 3. The third-order valence-corrected chi connectivity index (χ3v) is 6.38. The number of para-hydroxylation sites is 1. The van der Waals surface area contributed by atoms with Crippen LogP contribution in [-0.2, 0) is 4.79 Å². The van der Waals surface area contributed by atoms with E-state index in [1.165, 1.54) is 4.80 Å². The molecule has 1 saturated heterocycles. The highest BCUT2D eigenvalue weighted by atomic mass is 16.5. The third kappa shape index (κ3) is 5.53. The zero-order chi connectivity index (χ0) is 24.9. The zero-order valence-electron chi connectivity index (χ0n) is 20.9. The van der Waals surface area contributed by atoms with E-state index in [2.05, 4.69) is 21.6 Å². The Bertz CT molecular complexity index is 1210. The predicted octanol–water partition coefficient (Wildman–Crippen LogP) is 4.07. The van der Waals surface area contributed by atoms with E-state index in [1.54, 1.807) is 6.92 Å². The van der Waals surface area contributed by atoms with Crippen molar-refractivity contribution in [3.63, 3.8) is 0 Å². The quantitative estimate of drug-likeness (QED) is 0.530. The summed E-state index contributed by atoms with van der Waals surface area (Å²) in [6.07, 6.45) is 2.73. The van der Waals surface area contributed by atoms with Crippen LogP contribution in [0.4, 0.5) is 0 Å². The number of nitrogens with one attached hydrogen (secondary N) is 1. The Kier molecular flexibility index (Phi) is 7.48. The van der Waals surface area contributed by atoms with Gasteiger partial charge in [0.05, 0.1) is 17.4 Å². The molecule has 1 aromatic heterocycles. The first kappa shape index (κ1) is 24.4. The number of carbonyl (C=O) groups is 2. The normalized spacial score (nSPS) is 14.1. The Morgan fingerprint density at radius 1 is 1.06 bits per heavy atom. The van der Waals surface area contributed by atoms with E-state index in [0.29, 0.717) is 17.9 Å². The van der Waals surface area contributed by atoms with Crippen LogP contribution >= 0.6 is 0 Å². The van der Waals surface area contributed by atoms with Crippen LogP contribution in [0, 0.1) is 20.8 Å². The number of likely N-dealkylation sites (tertiary alicyclic amines) is 1. The molecular formula is C27H33N5O3. The second-order valence-electron chi connectivity index (χ2n) is 9.06. The van der Waals surface area contributed by atoms with Gasteiger partial charge in [-0.05, 0) is 57.7 Å². The molecule has 2 amide bonds. The molecule has 35 heavy (non-hydrogen) atoms. The minimum atomic E-state index is -0.300. The number of hydrogen-bond acceptors (Lipinski definition) is 5. The third-order valence-electron chi connectivity index (χ3n) is 6.38. The molecule has 3 aromatic rings. The average molecular weight is 476 g/mol. The van der Waals surface area contributed by atoms with Gasteiger partial charge < -0.3 is 15.0 Å². The lowest BCUT2D eigenvalue weighted by molar-refractivity contribution is -0.132. The summed E-state index contributed by atoms with van der Waals surface area (Å²) < 4.78 is 5.92. The van der Waals surface area contributed by atoms with Crippen LogP contribution in [0.25, 0.3) is 5.69 Å². The molecule has 1 unspecified atom stereocenters. The predicted molar refractivity (Wildman–Crippen MR) is 134 cm³/mol. The second kappa shape index (κ2) is 10.7. The van der Waals surface area contributed by atoms with Crippen molar-refractivity contribution in [3.05, 3.63) is 70.5 Å². The Morgan fingerprint density at radius 3 is 2.51 bits per heavy atom. The summed E-state index contributed by atoms with van der Waals surface area (Å²) in [6.45, 7) is 9.38. The van der Waals surface area contributed by atoms with Crippen LogP contribution in [0.1, 0.15) is 65.1 Å². The Hall–Kier alpha value is -3.68. The molecular weight excluding hydrogens is 442 g/mol. The van der Waals surface area contributed by atoms with Gasteiger partial charge in [-0.3, -0.25) is 9.59 Å². The van der Waals surface area contributed by atoms with Crippen LogP contribution in [0.2, 0.25) is 0 Å². The van der Waals surface area contributed by atoms with Crippen molar-refractivity contribution in [3.8, 4) is 11.4 Å². The molecule has 1 N–H and O–H groups in total. The van der Waals surface area contributed by atoms with Crippen LogP contribution in [0.3, 0.4) is 0 Å². The summed E-state index contributed by atoms with van der Waals surface area (Å²) >= 11 is 0. The van der Waals surface area contributed by atoms with E-state index in [-0.39, 0.29) is 30.2 Å². The summed E-state index contributed by atoms with van der Waals surface area (Å²) in [4.78, 5) is 29.0. The minimum Gasteiger partial charge on any atom is -0.483 e. The zero-order valence-corrected chi connectivity index (χ0v) is 20.9. The Balaban J connectivity index is 1.49. The van der Waals surface area contributed by atoms with Crippen LogP contribution in [0.5, 0.6) is 5.75 Å². The molecule has 1 aliphatic heterocycles. The van der Waals surface area contributed by atoms with Gasteiger partial charge in [0, 0.05) is 18.7 Å². The van der Waals surface area contributed by atoms with Gasteiger partial charge in [0.15, 0.2) is 12.3 Å². The molecule has 0 saturated carbocycles. The molecule has 8 heteroatoms. The largest absolute Gasteiger partial charge is 0.483 e. The summed E-state index contributed by atoms with van der Waals surface area (Å²) in [7, 11) is 0. The molecule has 0 radical (unpaired) electrons. The molecule has 0 bridgehead atoms. The van der Waals surface area contributed by atoms with Gasteiger partial charge in [-0.2, -0.15) is 9.90 Å². The van der Waals surface area contributed by atoms with Gasteiger partial charge in [-0.1, -0.05) is 42.8 Å². The fraction of sp³-hybridized carbons (Fsp3) is 0.407. The van der Waals surface area contributed by atoms with Crippen LogP contribution in [0.15, 0.2) is 42.5 Å². The summed E-state index contributed by atoms with van der Waals surface area (Å²) in [5, 5.41) is 12.1. The lowest BCUT2D eigenvalue weighted by atomic mass is 10.0. The molecule has 8 nitrogen and oxygen atoms in total. The molecule has 1 aliphatic rings. The molecule has 4 rings (SSSR count). The number of ether oxygens (including phenoxy) is 1. The molecule has 2 aromatic carbocycles. The van der Waals surface area contributed by atoms with Gasteiger partial charge in [0.1, 0.15) is 5.75 Å². The Morgan fingerprint density at radius 2 is 1.80 bits per heavy atom. The second-order valence-corrected chi connectivity index (χ2v) is 9.06. The van der Waals surface area contributed by atoms with E-state index in [9.17, 15) is 9.59 Å². The van der Waals surface area contributed by atoms with E-state index in [4.69, 9.17) is 4.74 Å². The lowest BCUT2D eigenvalue weighted by Gasteiger charge is -2.21. The number of nitrogens with zero attached hydrogens (tertiary/aromatic N) is 4. The van der Waals surface area contributed by atoms with E-state index < -0.39 is 0 Å². The summed E-state index contributed by atoms with van der Waals surface area (Å²) in [5.41, 5.74) is 4.70. The number of aromatic nitrogens is 3. The van der Waals surface area contributed by atoms with E-state index in [1.807, 2.05) is 62.1 Å². The maximum atomic E-state index is 13.2. The highest BCUT2D eigenvalue weighted by molar-refractivity contribution is 5.93. The fourth-order valence-electron chi connectivity index (χ4n) is 4.45. The topological polar surface area (TPSA) is 89.4 Å². The molecule has 1 atom stereocenters. The Labute approximate surface area is 206 Å². The van der Waals surface area contributed by atoms with Gasteiger partial charge >= 0.3 is 0 Å². The van der Waals surface area contributed by atoms with Gasteiger partial charge in [0.25, 0.3) is 11.8 Å². The molecule has 2 heterocycles. The van der Waals surface area contributed by atoms with E-state index >= 15 is 0 Å². The molecule has 0 spiro atoms. The van der Waals surface area contributed by atoms with Crippen molar-refractivity contribution in [2.75, 3.05) is 19.7 Å². The van der Waals surface area contributed by atoms with Crippen molar-refractivity contribution < 1.29 is 14.3 Å². The standard InChI is InChI=1S/C27H33N5O3/c1-5-22(21-10-6-7-11-24(21)35-17-25(33)31-14-8-9-15-31)28-27(34)26-20(4)29-32(30-26)23-13-12-18(2)16-19(23)3/h6-7,10-13,16,22H,5,8-9,14-15,17H2,1-4H3,(H,28,34). The average Bonchev–Trinajstić information content (AvgIpc) is 3.51. The van der Waals surface area contributed by atoms with Gasteiger partial charge in [-0.25, -0.2) is 0 Å². The monoisotopic (exact) mass is 475 g/mol. The maximum Gasteiger partial charge on any atom is 0.274 e. The van der Waals surface area contributed by atoms with Crippen molar-refractivity contribution in [2.45, 2.75) is 53.0 Å². The first-order valence-electron chi connectivity index (χ1n) is 12.2. The number of benzene rings is 2. The summed E-state index contributed by atoms with van der Waals surface area (Å²) in [6, 6.07) is 13.2. The van der Waals surface area contributed by atoms with Crippen molar-refractivity contribution in [1.29, 1.82) is 0 Å². The minimum absolute atomic E-state index is 0.00646. The van der Waals surface area contributed by atoms with Crippen LogP contribution < -0.4 is 10.1 Å². The fourth-order valence-corrected chi connectivity index (χ4v) is 4.45. The SMILES string of the molecule is CCC(NC(=O)c1nn(-c2ccc(C)cc2C)nc1C)c1ccccc1OCC(=O)N1CCCC1. The van der Waals surface area contributed by atoms with Crippen molar-refractivity contribution in [1.82, 2.24) is 25.2 Å². The maximum absolute atomic E-state index is 13.2. The molecule has 1 fully saturated rings. The number of hydrogen-bond donors (Lipinski definition) is 1. The van der Waals surface area contributed by atoms with Gasteiger partial charge in [0.2, 0.25) is 0 Å². The molecule has 184 valence electrons. The number of carbonyl (C=O) groups excluding carboxylic acids is 2. The van der Waals surface area contributed by atoms with E-state index in [0.717, 1.165) is 48.3 Å². The number of amides is 2. The first-order chi connectivity index (χ1) is 16.9. The van der Waals surface area contributed by atoms with Gasteiger partial charge in [-0.15, -0.1) is 5.10 Å². The number of rotatable bonds is 8. The van der Waals surface area contributed by atoms with Crippen molar-refractivity contribution in [2.24, 2.45) is 0 Å². The smallest absolute Gasteiger partial charge is 0.274 e. The first-order valence-corrected chi connectivity index (χ1v) is 12.2.